The predicted molar refractivity (Wildman–Crippen MR) is 56.2 cm³/mol. The molecule has 1 aromatic carbocycles. The predicted octanol–water partition coefficient (Wildman–Crippen LogP) is 1.60. The molecule has 1 aromatic rings. The Bertz CT molecular complexity index is 347. The summed E-state index contributed by atoms with van der Waals surface area (Å²) in [6.45, 7) is 3.34. The highest BCUT2D eigenvalue weighted by molar-refractivity contribution is 5.37. The maximum absolute atomic E-state index is 13.3. The molecule has 0 bridgehead atoms. The van der Waals surface area contributed by atoms with Gasteiger partial charge in [-0.05, 0) is 19.9 Å². The molecule has 4 heteroatoms. The van der Waals surface area contributed by atoms with Crippen LogP contribution in [-0.2, 0) is 0 Å². The molecule has 15 heavy (non-hydrogen) atoms. The Hall–Kier alpha value is -1.13. The van der Waals surface area contributed by atoms with E-state index in [1.54, 1.807) is 19.9 Å². The first-order chi connectivity index (χ1) is 6.88. The molecule has 0 aliphatic heterocycles. The lowest BCUT2D eigenvalue weighted by Crippen LogP contribution is -2.39. The van der Waals surface area contributed by atoms with Gasteiger partial charge in [0.15, 0.2) is 11.6 Å². The fourth-order valence-corrected chi connectivity index (χ4v) is 1.36. The number of ether oxygens (including phenoxy) is 1. The van der Waals surface area contributed by atoms with E-state index in [-0.39, 0.29) is 5.75 Å². The molecule has 1 unspecified atom stereocenters. The highest BCUT2D eigenvalue weighted by Crippen LogP contribution is 2.32. The molecule has 0 heterocycles. The standard InChI is InChI=1S/C11H16FNO2/c1-11(2,13)10(14)7-5-4-6-8(12)9(7)15-3/h4-6,10,14H,13H2,1-3H3. The van der Waals surface area contributed by atoms with E-state index in [9.17, 15) is 9.50 Å². The highest BCUT2D eigenvalue weighted by Gasteiger charge is 2.28. The van der Waals surface area contributed by atoms with E-state index in [4.69, 9.17) is 10.5 Å². The summed E-state index contributed by atoms with van der Waals surface area (Å²) in [6.07, 6.45) is -0.969. The summed E-state index contributed by atoms with van der Waals surface area (Å²) >= 11 is 0. The average molecular weight is 213 g/mol. The summed E-state index contributed by atoms with van der Waals surface area (Å²) in [6, 6.07) is 4.39. The molecule has 1 atom stereocenters. The van der Waals surface area contributed by atoms with Crippen LogP contribution in [0.25, 0.3) is 0 Å². The Labute approximate surface area is 88.7 Å². The normalized spacial score (nSPS) is 13.7. The van der Waals surface area contributed by atoms with Gasteiger partial charge in [0.25, 0.3) is 0 Å². The van der Waals surface area contributed by atoms with Crippen molar-refractivity contribution in [1.29, 1.82) is 0 Å². The number of nitrogens with two attached hydrogens (primary N) is 1. The van der Waals surface area contributed by atoms with Crippen LogP contribution in [0.15, 0.2) is 18.2 Å². The van der Waals surface area contributed by atoms with Gasteiger partial charge >= 0.3 is 0 Å². The van der Waals surface area contributed by atoms with Crippen molar-refractivity contribution in [1.82, 2.24) is 0 Å². The molecule has 84 valence electrons. The first-order valence-corrected chi connectivity index (χ1v) is 4.67. The fourth-order valence-electron chi connectivity index (χ4n) is 1.36. The number of hydrogen-bond donors (Lipinski definition) is 2. The van der Waals surface area contributed by atoms with E-state index in [2.05, 4.69) is 0 Å². The van der Waals surface area contributed by atoms with Crippen LogP contribution in [0.1, 0.15) is 25.5 Å². The monoisotopic (exact) mass is 213 g/mol. The van der Waals surface area contributed by atoms with Crippen molar-refractivity contribution >= 4 is 0 Å². The molecule has 0 aliphatic carbocycles. The Balaban J connectivity index is 3.20. The molecule has 1 rings (SSSR count). The van der Waals surface area contributed by atoms with Gasteiger partial charge in [0.05, 0.1) is 7.11 Å². The fraction of sp³-hybridized carbons (Fsp3) is 0.455. The van der Waals surface area contributed by atoms with Crippen LogP contribution < -0.4 is 10.5 Å². The molecule has 0 spiro atoms. The zero-order valence-electron chi connectivity index (χ0n) is 9.12. The van der Waals surface area contributed by atoms with Gasteiger partial charge in [0.1, 0.15) is 6.10 Å². The summed E-state index contributed by atoms with van der Waals surface area (Å²) in [5.41, 5.74) is 5.28. The van der Waals surface area contributed by atoms with Crippen LogP contribution >= 0.6 is 0 Å². The molecule has 0 saturated heterocycles. The van der Waals surface area contributed by atoms with Gasteiger partial charge < -0.3 is 15.6 Å². The first-order valence-electron chi connectivity index (χ1n) is 4.67. The Kier molecular flexibility index (Phi) is 3.31. The number of halogens is 1. The Morgan fingerprint density at radius 1 is 1.47 bits per heavy atom. The van der Waals surface area contributed by atoms with Crippen molar-refractivity contribution < 1.29 is 14.2 Å². The quantitative estimate of drug-likeness (QED) is 0.802. The van der Waals surface area contributed by atoms with Crippen LogP contribution in [0.4, 0.5) is 4.39 Å². The van der Waals surface area contributed by atoms with Crippen molar-refractivity contribution in [2.24, 2.45) is 5.73 Å². The number of benzene rings is 1. The molecular formula is C11H16FNO2. The maximum atomic E-state index is 13.3. The van der Waals surface area contributed by atoms with Crippen LogP contribution in [0, 0.1) is 5.82 Å². The van der Waals surface area contributed by atoms with Crippen molar-refractivity contribution in [3.8, 4) is 5.75 Å². The highest BCUT2D eigenvalue weighted by atomic mass is 19.1. The second kappa shape index (κ2) is 4.16. The van der Waals surface area contributed by atoms with Crippen molar-refractivity contribution in [3.63, 3.8) is 0 Å². The van der Waals surface area contributed by atoms with Gasteiger partial charge in [-0.1, -0.05) is 12.1 Å². The average Bonchev–Trinajstić information content (AvgIpc) is 2.14. The number of aliphatic hydroxyl groups excluding tert-OH is 1. The van der Waals surface area contributed by atoms with Crippen LogP contribution in [0.3, 0.4) is 0 Å². The topological polar surface area (TPSA) is 55.5 Å². The number of aliphatic hydroxyl groups is 1. The summed E-state index contributed by atoms with van der Waals surface area (Å²) in [4.78, 5) is 0. The van der Waals surface area contributed by atoms with Crippen molar-refractivity contribution in [3.05, 3.63) is 29.6 Å². The SMILES string of the molecule is COc1c(F)cccc1C(O)C(C)(C)N. The number of para-hydroxylation sites is 1. The first kappa shape index (κ1) is 11.9. The zero-order valence-corrected chi connectivity index (χ0v) is 9.12. The Morgan fingerprint density at radius 3 is 2.53 bits per heavy atom. The van der Waals surface area contributed by atoms with Crippen LogP contribution in [0.5, 0.6) is 5.75 Å². The van der Waals surface area contributed by atoms with E-state index in [0.29, 0.717) is 5.56 Å². The smallest absolute Gasteiger partial charge is 0.165 e. The van der Waals surface area contributed by atoms with E-state index in [1.807, 2.05) is 0 Å². The van der Waals surface area contributed by atoms with E-state index in [1.165, 1.54) is 19.2 Å². The molecule has 0 aromatic heterocycles. The van der Waals surface area contributed by atoms with E-state index < -0.39 is 17.5 Å². The number of methoxy groups -OCH3 is 1. The van der Waals surface area contributed by atoms with Crippen LogP contribution in [-0.4, -0.2) is 17.8 Å². The minimum Gasteiger partial charge on any atom is -0.493 e. The summed E-state index contributed by atoms with van der Waals surface area (Å²) in [5.74, 6) is -0.457. The lowest BCUT2D eigenvalue weighted by molar-refractivity contribution is 0.101. The van der Waals surface area contributed by atoms with Gasteiger partial charge in [0.2, 0.25) is 0 Å². The number of rotatable bonds is 3. The third-order valence-electron chi connectivity index (χ3n) is 2.20. The maximum Gasteiger partial charge on any atom is 0.165 e. The molecule has 3 N–H and O–H groups in total. The Morgan fingerprint density at radius 2 is 2.07 bits per heavy atom. The van der Waals surface area contributed by atoms with Crippen LogP contribution in [0.2, 0.25) is 0 Å². The third kappa shape index (κ3) is 2.46. The molecule has 0 fully saturated rings. The molecule has 0 amide bonds. The van der Waals surface area contributed by atoms with Gasteiger partial charge in [-0.2, -0.15) is 0 Å². The van der Waals surface area contributed by atoms with Crippen molar-refractivity contribution in [2.45, 2.75) is 25.5 Å². The summed E-state index contributed by atoms with van der Waals surface area (Å²) in [5, 5.41) is 9.92. The van der Waals surface area contributed by atoms with Crippen molar-refractivity contribution in [2.75, 3.05) is 7.11 Å². The van der Waals surface area contributed by atoms with Gasteiger partial charge in [-0.3, -0.25) is 0 Å². The molecule has 0 radical (unpaired) electrons. The molecule has 0 aliphatic rings. The summed E-state index contributed by atoms with van der Waals surface area (Å²) in [7, 11) is 1.36. The van der Waals surface area contributed by atoms with Gasteiger partial charge in [-0.15, -0.1) is 0 Å². The zero-order chi connectivity index (χ0) is 11.6. The second-order valence-electron chi connectivity index (χ2n) is 4.09. The van der Waals surface area contributed by atoms with Gasteiger partial charge in [0, 0.05) is 11.1 Å². The molecule has 3 nitrogen and oxygen atoms in total. The molecular weight excluding hydrogens is 197 g/mol. The van der Waals surface area contributed by atoms with E-state index in [0.717, 1.165) is 0 Å². The summed E-state index contributed by atoms with van der Waals surface area (Å²) < 4.78 is 18.2. The second-order valence-corrected chi connectivity index (χ2v) is 4.09. The molecule has 0 saturated carbocycles. The third-order valence-corrected chi connectivity index (χ3v) is 2.20. The minimum absolute atomic E-state index is 0.0449. The van der Waals surface area contributed by atoms with E-state index >= 15 is 0 Å². The lowest BCUT2D eigenvalue weighted by Gasteiger charge is -2.27. The minimum atomic E-state index is -0.969. The number of hydrogen-bond acceptors (Lipinski definition) is 3. The lowest BCUT2D eigenvalue weighted by atomic mass is 9.92. The largest absolute Gasteiger partial charge is 0.493 e. The van der Waals surface area contributed by atoms with Gasteiger partial charge in [-0.25, -0.2) is 4.39 Å².